The third kappa shape index (κ3) is 9.75. The highest BCUT2D eigenvalue weighted by Gasteiger charge is 2.26. The average Bonchev–Trinajstić information content (AvgIpc) is 2.63. The lowest BCUT2D eigenvalue weighted by atomic mass is 9.95. The quantitative estimate of drug-likeness (QED) is 0.418. The van der Waals surface area contributed by atoms with Crippen molar-refractivity contribution < 1.29 is 13.7 Å². The highest BCUT2D eigenvalue weighted by atomic mass is 32.2. The normalized spacial score (nSPS) is 22.9. The van der Waals surface area contributed by atoms with Crippen LogP contribution >= 0.6 is 0 Å². The Hall–Kier alpha value is -1.31. The van der Waals surface area contributed by atoms with E-state index in [4.69, 9.17) is 4.74 Å². The van der Waals surface area contributed by atoms with Crippen LogP contribution < -0.4 is 16.0 Å². The van der Waals surface area contributed by atoms with Gasteiger partial charge in [0.1, 0.15) is 5.60 Å². The van der Waals surface area contributed by atoms with Crippen LogP contribution in [0.4, 0.5) is 4.79 Å². The number of nitrogens with one attached hydrogen (secondary N) is 3. The first-order valence-corrected chi connectivity index (χ1v) is 11.9. The Kier molecular flexibility index (Phi) is 10.9. The molecule has 1 amide bonds. The van der Waals surface area contributed by atoms with Crippen molar-refractivity contribution in [1.82, 2.24) is 16.0 Å². The summed E-state index contributed by atoms with van der Waals surface area (Å²) in [7, 11) is 1.00. The Morgan fingerprint density at radius 1 is 1.29 bits per heavy atom. The van der Waals surface area contributed by atoms with Crippen LogP contribution in [0.5, 0.6) is 0 Å². The van der Waals surface area contributed by atoms with Gasteiger partial charge in [0.15, 0.2) is 5.96 Å². The zero-order chi connectivity index (χ0) is 21.2. The van der Waals surface area contributed by atoms with E-state index < -0.39 is 22.5 Å². The maximum absolute atomic E-state index is 12.1. The van der Waals surface area contributed by atoms with E-state index in [0.717, 1.165) is 50.2 Å². The van der Waals surface area contributed by atoms with Gasteiger partial charge >= 0.3 is 6.09 Å². The summed E-state index contributed by atoms with van der Waals surface area (Å²) < 4.78 is 17.5. The minimum atomic E-state index is -0.742. The molecule has 0 heterocycles. The van der Waals surface area contributed by atoms with Crippen LogP contribution in [-0.2, 0) is 15.5 Å². The third-order valence-electron chi connectivity index (χ3n) is 4.72. The number of amides is 1. The molecule has 4 atom stereocenters. The third-order valence-corrected chi connectivity index (χ3v) is 6.46. The van der Waals surface area contributed by atoms with Gasteiger partial charge in [-0.15, -0.1) is 0 Å². The van der Waals surface area contributed by atoms with E-state index in [-0.39, 0.29) is 17.3 Å². The second-order valence-electron chi connectivity index (χ2n) is 8.38. The molecule has 0 spiro atoms. The largest absolute Gasteiger partial charge is 0.444 e. The number of hydrogen-bond donors (Lipinski definition) is 3. The molecular weight excluding hydrogens is 376 g/mol. The Morgan fingerprint density at radius 3 is 2.57 bits per heavy atom. The number of hydrogen-bond acceptors (Lipinski definition) is 4. The van der Waals surface area contributed by atoms with Crippen molar-refractivity contribution in [2.24, 2.45) is 4.99 Å². The van der Waals surface area contributed by atoms with Gasteiger partial charge in [-0.25, -0.2) is 4.79 Å². The molecule has 1 fully saturated rings. The van der Waals surface area contributed by atoms with Crippen LogP contribution in [0.2, 0.25) is 0 Å². The molecule has 28 heavy (non-hydrogen) atoms. The van der Waals surface area contributed by atoms with E-state index >= 15 is 0 Å². The lowest BCUT2D eigenvalue weighted by Gasteiger charge is -2.30. The number of ether oxygens (including phenoxy) is 1. The fourth-order valence-electron chi connectivity index (χ4n) is 3.41. The first kappa shape index (κ1) is 24.7. The van der Waals surface area contributed by atoms with Gasteiger partial charge in [0.25, 0.3) is 0 Å². The standard InChI is InChI=1S/C20H40N4O3S/c1-7-10-16(24-19(25)27-20(3,4)5)14-22-18(21-6)23-15-11-9-12-17(13-15)28(26)8-2/h15-17H,7-14H2,1-6H3,(H,24,25)(H2,21,22,23). The van der Waals surface area contributed by atoms with Gasteiger partial charge in [-0.05, 0) is 46.5 Å². The minimum absolute atomic E-state index is 0.0369. The predicted molar refractivity (Wildman–Crippen MR) is 117 cm³/mol. The smallest absolute Gasteiger partial charge is 0.407 e. The van der Waals surface area contributed by atoms with E-state index in [9.17, 15) is 9.00 Å². The van der Waals surface area contributed by atoms with Crippen molar-refractivity contribution >= 4 is 22.9 Å². The van der Waals surface area contributed by atoms with Gasteiger partial charge < -0.3 is 20.7 Å². The summed E-state index contributed by atoms with van der Waals surface area (Å²) in [5, 5.41) is 10.00. The number of nitrogens with zero attached hydrogens (tertiary/aromatic N) is 1. The van der Waals surface area contributed by atoms with Crippen LogP contribution in [0.15, 0.2) is 4.99 Å². The van der Waals surface area contributed by atoms with Crippen molar-refractivity contribution in [2.45, 2.75) is 96.1 Å². The van der Waals surface area contributed by atoms with E-state index in [0.29, 0.717) is 6.54 Å². The molecule has 1 rings (SSSR count). The SMILES string of the molecule is CCCC(CNC(=NC)NC1CCCC(S(=O)CC)C1)NC(=O)OC(C)(C)C. The molecule has 8 heteroatoms. The summed E-state index contributed by atoms with van der Waals surface area (Å²) in [6.45, 7) is 10.2. The number of carbonyl (C=O) groups excluding carboxylic acids is 1. The molecule has 1 aliphatic carbocycles. The minimum Gasteiger partial charge on any atom is -0.444 e. The molecule has 0 aromatic carbocycles. The second kappa shape index (κ2) is 12.3. The van der Waals surface area contributed by atoms with Crippen LogP contribution in [0.25, 0.3) is 0 Å². The van der Waals surface area contributed by atoms with Gasteiger partial charge in [-0.2, -0.15) is 0 Å². The summed E-state index contributed by atoms with van der Waals surface area (Å²) in [6, 6.07) is 0.244. The maximum atomic E-state index is 12.1. The first-order valence-electron chi connectivity index (χ1n) is 10.5. The van der Waals surface area contributed by atoms with Crippen LogP contribution in [0, 0.1) is 0 Å². The molecular formula is C20H40N4O3S. The highest BCUT2D eigenvalue weighted by Crippen LogP contribution is 2.23. The second-order valence-corrected chi connectivity index (χ2v) is 10.4. The van der Waals surface area contributed by atoms with Gasteiger partial charge in [0.2, 0.25) is 0 Å². The summed E-state index contributed by atoms with van der Waals surface area (Å²) >= 11 is 0. The number of alkyl carbamates (subject to hydrolysis) is 1. The lowest BCUT2D eigenvalue weighted by molar-refractivity contribution is 0.0502. The molecule has 0 saturated heterocycles. The van der Waals surface area contributed by atoms with Crippen molar-refractivity contribution in [3.05, 3.63) is 0 Å². The Balaban J connectivity index is 2.53. The summed E-state index contributed by atoms with van der Waals surface area (Å²) in [5.41, 5.74) is -0.512. The summed E-state index contributed by atoms with van der Waals surface area (Å²) in [5.74, 6) is 1.44. The van der Waals surface area contributed by atoms with Gasteiger partial charge in [-0.3, -0.25) is 9.20 Å². The average molecular weight is 417 g/mol. The van der Waals surface area contributed by atoms with Crippen molar-refractivity contribution in [1.29, 1.82) is 0 Å². The van der Waals surface area contributed by atoms with E-state index in [1.165, 1.54) is 0 Å². The van der Waals surface area contributed by atoms with Gasteiger partial charge in [0.05, 0.1) is 0 Å². The van der Waals surface area contributed by atoms with Crippen LogP contribution in [0.1, 0.15) is 73.1 Å². The topological polar surface area (TPSA) is 91.8 Å². The van der Waals surface area contributed by atoms with Crippen molar-refractivity contribution in [2.75, 3.05) is 19.3 Å². The van der Waals surface area contributed by atoms with Crippen LogP contribution in [0.3, 0.4) is 0 Å². The molecule has 164 valence electrons. The Bertz CT molecular complexity index is 534. The molecule has 4 unspecified atom stereocenters. The zero-order valence-corrected chi connectivity index (χ0v) is 19.3. The number of rotatable bonds is 8. The molecule has 1 saturated carbocycles. The zero-order valence-electron chi connectivity index (χ0n) is 18.5. The number of guanidine groups is 1. The van der Waals surface area contributed by atoms with E-state index in [1.54, 1.807) is 7.05 Å². The Labute approximate surface area is 173 Å². The van der Waals surface area contributed by atoms with E-state index in [1.807, 2.05) is 27.7 Å². The molecule has 0 aliphatic heterocycles. The lowest BCUT2D eigenvalue weighted by Crippen LogP contribution is -2.51. The monoisotopic (exact) mass is 416 g/mol. The van der Waals surface area contributed by atoms with Crippen molar-refractivity contribution in [3.8, 4) is 0 Å². The molecule has 3 N–H and O–H groups in total. The molecule has 0 aromatic rings. The summed E-state index contributed by atoms with van der Waals surface area (Å²) in [4.78, 5) is 16.4. The maximum Gasteiger partial charge on any atom is 0.407 e. The van der Waals surface area contributed by atoms with Crippen LogP contribution in [-0.4, -0.2) is 58.5 Å². The molecule has 0 radical (unpaired) electrons. The molecule has 0 aromatic heterocycles. The van der Waals surface area contributed by atoms with E-state index in [2.05, 4.69) is 27.9 Å². The first-order chi connectivity index (χ1) is 13.2. The highest BCUT2D eigenvalue weighted by molar-refractivity contribution is 7.85. The van der Waals surface area contributed by atoms with Gasteiger partial charge in [0, 0.05) is 47.5 Å². The predicted octanol–water partition coefficient (Wildman–Crippen LogP) is 2.92. The van der Waals surface area contributed by atoms with Crippen molar-refractivity contribution in [3.63, 3.8) is 0 Å². The fourth-order valence-corrected chi connectivity index (χ4v) is 4.75. The molecule has 1 aliphatic rings. The van der Waals surface area contributed by atoms with Gasteiger partial charge in [-0.1, -0.05) is 26.7 Å². The number of carbonyl (C=O) groups is 1. The molecule has 0 bridgehead atoms. The summed E-state index contributed by atoms with van der Waals surface area (Å²) in [6.07, 6.45) is 5.52. The number of aliphatic imine (C=N–C) groups is 1. The fraction of sp³-hybridized carbons (Fsp3) is 0.900. The Morgan fingerprint density at radius 2 is 2.00 bits per heavy atom. The molecule has 7 nitrogen and oxygen atoms in total.